The number of hydrogen-bond acceptors (Lipinski definition) is 6. The first-order valence-corrected chi connectivity index (χ1v) is 6.47. The molecule has 6 nitrogen and oxygen atoms in total. The van der Waals surface area contributed by atoms with Gasteiger partial charge in [0, 0.05) is 6.20 Å². The van der Waals surface area contributed by atoms with Gasteiger partial charge in [-0.3, -0.25) is 9.78 Å². The van der Waals surface area contributed by atoms with Crippen LogP contribution in [0.1, 0.15) is 32.0 Å². The monoisotopic (exact) mass is 288 g/mol. The first kappa shape index (κ1) is 13.9. The molecule has 2 aromatic rings. The van der Waals surface area contributed by atoms with E-state index in [1.54, 1.807) is 31.2 Å². The van der Waals surface area contributed by atoms with Crippen LogP contribution in [0, 0.1) is 0 Å². The lowest BCUT2D eigenvalue weighted by molar-refractivity contribution is -0.254. The lowest BCUT2D eigenvalue weighted by Crippen LogP contribution is -2.20. The maximum absolute atomic E-state index is 11.7. The van der Waals surface area contributed by atoms with Gasteiger partial charge in [0.05, 0.1) is 21.4 Å². The smallest absolute Gasteiger partial charge is 0.289 e. The second-order valence-electron chi connectivity index (χ2n) is 3.80. The number of pyridine rings is 1. The molecule has 1 amide bonds. The lowest BCUT2D eigenvalue weighted by Gasteiger charge is -2.00. The van der Waals surface area contributed by atoms with Crippen molar-refractivity contribution >= 4 is 28.9 Å². The summed E-state index contributed by atoms with van der Waals surface area (Å²) in [5.41, 5.74) is 3.13. The molecule has 0 fully saturated rings. The number of carbonyl (C=O) groups excluding carboxylic acids is 2. The van der Waals surface area contributed by atoms with Crippen LogP contribution in [0.2, 0.25) is 0 Å². The molecule has 0 aromatic carbocycles. The van der Waals surface area contributed by atoms with Crippen LogP contribution in [-0.2, 0) is 0 Å². The molecule has 7 heteroatoms. The lowest BCUT2D eigenvalue weighted by atomic mass is 10.3. The molecule has 0 spiro atoms. The highest BCUT2D eigenvalue weighted by molar-refractivity contribution is 7.15. The number of carboxylic acids is 1. The Bertz CT molecular complexity index is 665. The molecule has 0 bridgehead atoms. The Labute approximate surface area is 118 Å². The Balaban J connectivity index is 2.07. The van der Waals surface area contributed by atoms with Crippen molar-refractivity contribution in [1.29, 1.82) is 0 Å². The van der Waals surface area contributed by atoms with Crippen molar-refractivity contribution in [2.24, 2.45) is 5.10 Å². The summed E-state index contributed by atoms with van der Waals surface area (Å²) in [6.07, 6.45) is 1.51. The van der Waals surface area contributed by atoms with E-state index in [2.05, 4.69) is 15.5 Å². The van der Waals surface area contributed by atoms with Gasteiger partial charge in [-0.15, -0.1) is 11.3 Å². The van der Waals surface area contributed by atoms with Crippen LogP contribution in [0.3, 0.4) is 0 Å². The van der Waals surface area contributed by atoms with Gasteiger partial charge in [-0.2, -0.15) is 5.10 Å². The SMILES string of the molecule is C/C(=N/NC(=O)c1ccccn1)c1ccc(C(=O)[O-])s1. The highest BCUT2D eigenvalue weighted by Crippen LogP contribution is 2.16. The average Bonchev–Trinajstić information content (AvgIpc) is 2.95. The molecule has 0 atom stereocenters. The van der Waals surface area contributed by atoms with E-state index in [0.29, 0.717) is 10.6 Å². The van der Waals surface area contributed by atoms with Crippen LogP contribution in [0.15, 0.2) is 41.6 Å². The Morgan fingerprint density at radius 2 is 2.00 bits per heavy atom. The number of carboxylic acid groups (broad SMARTS) is 1. The van der Waals surface area contributed by atoms with Gasteiger partial charge in [0.25, 0.3) is 5.91 Å². The summed E-state index contributed by atoms with van der Waals surface area (Å²) in [4.78, 5) is 27.0. The van der Waals surface area contributed by atoms with E-state index in [1.807, 2.05) is 0 Å². The molecule has 1 N–H and O–H groups in total. The third-order valence-corrected chi connectivity index (χ3v) is 3.56. The van der Waals surface area contributed by atoms with Gasteiger partial charge in [-0.25, -0.2) is 5.43 Å². The number of nitrogens with one attached hydrogen (secondary N) is 1. The van der Waals surface area contributed by atoms with Gasteiger partial charge in [0.2, 0.25) is 0 Å². The Hall–Kier alpha value is -2.54. The zero-order chi connectivity index (χ0) is 14.5. The first-order chi connectivity index (χ1) is 9.58. The van der Waals surface area contributed by atoms with E-state index in [9.17, 15) is 14.7 Å². The summed E-state index contributed by atoms with van der Waals surface area (Å²) >= 11 is 1.04. The quantitative estimate of drug-likeness (QED) is 0.660. The fourth-order valence-electron chi connectivity index (χ4n) is 1.39. The van der Waals surface area contributed by atoms with E-state index in [1.165, 1.54) is 12.3 Å². The third-order valence-electron chi connectivity index (χ3n) is 2.39. The second kappa shape index (κ2) is 6.07. The van der Waals surface area contributed by atoms with E-state index in [0.717, 1.165) is 11.3 Å². The minimum absolute atomic E-state index is 0.116. The summed E-state index contributed by atoms with van der Waals surface area (Å²) in [5.74, 6) is -1.66. The van der Waals surface area contributed by atoms with Crippen LogP contribution in [0.5, 0.6) is 0 Å². The molecule has 0 saturated heterocycles. The molecule has 0 radical (unpaired) electrons. The molecule has 0 aliphatic carbocycles. The molecule has 2 aromatic heterocycles. The Morgan fingerprint density at radius 3 is 2.60 bits per heavy atom. The molecule has 20 heavy (non-hydrogen) atoms. The summed E-state index contributed by atoms with van der Waals surface area (Å²) < 4.78 is 0. The minimum Gasteiger partial charge on any atom is -0.544 e. The second-order valence-corrected chi connectivity index (χ2v) is 4.89. The summed E-state index contributed by atoms with van der Waals surface area (Å²) in [6.45, 7) is 1.67. The molecule has 0 aliphatic heterocycles. The maximum atomic E-state index is 11.7. The number of rotatable bonds is 4. The van der Waals surface area contributed by atoms with Gasteiger partial charge in [0.1, 0.15) is 5.69 Å². The number of carbonyl (C=O) groups is 2. The average molecular weight is 288 g/mol. The van der Waals surface area contributed by atoms with E-state index >= 15 is 0 Å². The van der Waals surface area contributed by atoms with Crippen LogP contribution in [-0.4, -0.2) is 22.6 Å². The molecular formula is C13H10N3O3S-. The van der Waals surface area contributed by atoms with Gasteiger partial charge >= 0.3 is 0 Å². The Morgan fingerprint density at radius 1 is 1.25 bits per heavy atom. The number of hydrogen-bond donors (Lipinski definition) is 1. The molecule has 0 saturated carbocycles. The number of aromatic carboxylic acids is 1. The number of amides is 1. The predicted molar refractivity (Wildman–Crippen MR) is 72.6 cm³/mol. The number of thiophene rings is 1. The van der Waals surface area contributed by atoms with Crippen molar-refractivity contribution in [1.82, 2.24) is 10.4 Å². The van der Waals surface area contributed by atoms with E-state index < -0.39 is 11.9 Å². The predicted octanol–water partition coefficient (Wildman–Crippen LogP) is 0.661. The topological polar surface area (TPSA) is 94.5 Å². The third kappa shape index (κ3) is 3.27. The fourth-order valence-corrected chi connectivity index (χ4v) is 2.17. The van der Waals surface area contributed by atoms with Gasteiger partial charge in [0.15, 0.2) is 0 Å². The van der Waals surface area contributed by atoms with Crippen molar-refractivity contribution in [2.75, 3.05) is 0 Å². The normalized spacial score (nSPS) is 11.2. The molecular weight excluding hydrogens is 278 g/mol. The molecule has 0 aliphatic rings. The van der Waals surface area contributed by atoms with Crippen LogP contribution >= 0.6 is 11.3 Å². The number of nitrogens with zero attached hydrogens (tertiary/aromatic N) is 2. The minimum atomic E-state index is -1.23. The molecule has 0 unspecified atom stereocenters. The van der Waals surface area contributed by atoms with Crippen molar-refractivity contribution in [2.45, 2.75) is 6.92 Å². The molecule has 2 heterocycles. The molecule has 102 valence electrons. The highest BCUT2D eigenvalue weighted by atomic mass is 32.1. The van der Waals surface area contributed by atoms with E-state index in [4.69, 9.17) is 0 Å². The molecule has 2 rings (SSSR count). The zero-order valence-corrected chi connectivity index (χ0v) is 11.3. The van der Waals surface area contributed by atoms with Crippen LogP contribution < -0.4 is 10.5 Å². The van der Waals surface area contributed by atoms with Crippen molar-refractivity contribution < 1.29 is 14.7 Å². The summed E-state index contributed by atoms with van der Waals surface area (Å²) in [6, 6.07) is 8.03. The fraction of sp³-hybridized carbons (Fsp3) is 0.0769. The van der Waals surface area contributed by atoms with Crippen molar-refractivity contribution in [3.05, 3.63) is 52.0 Å². The standard InChI is InChI=1S/C13H11N3O3S/c1-8(10-5-6-11(20-10)13(18)19)15-16-12(17)9-4-2-3-7-14-9/h2-7H,1H3,(H,16,17)(H,18,19)/p-1/b15-8-. The van der Waals surface area contributed by atoms with E-state index in [-0.39, 0.29) is 10.6 Å². The largest absolute Gasteiger partial charge is 0.544 e. The number of hydrazone groups is 1. The van der Waals surface area contributed by atoms with Crippen molar-refractivity contribution in [3.63, 3.8) is 0 Å². The summed E-state index contributed by atoms with van der Waals surface area (Å²) in [5, 5.41) is 14.6. The van der Waals surface area contributed by atoms with Gasteiger partial charge < -0.3 is 9.90 Å². The summed E-state index contributed by atoms with van der Waals surface area (Å²) in [7, 11) is 0. The number of aromatic nitrogens is 1. The van der Waals surface area contributed by atoms with Gasteiger partial charge in [-0.05, 0) is 31.2 Å². The highest BCUT2D eigenvalue weighted by Gasteiger charge is 2.07. The first-order valence-electron chi connectivity index (χ1n) is 5.65. The maximum Gasteiger partial charge on any atom is 0.289 e. The van der Waals surface area contributed by atoms with Crippen LogP contribution in [0.4, 0.5) is 0 Å². The van der Waals surface area contributed by atoms with Crippen LogP contribution in [0.25, 0.3) is 0 Å². The van der Waals surface area contributed by atoms with Gasteiger partial charge in [-0.1, -0.05) is 6.07 Å². The van der Waals surface area contributed by atoms with Crippen molar-refractivity contribution in [3.8, 4) is 0 Å². The Kier molecular flexibility index (Phi) is 4.21. The zero-order valence-electron chi connectivity index (χ0n) is 10.5.